The molecule has 10 heteroatoms. The maximum absolute atomic E-state index is 12.7. The van der Waals surface area contributed by atoms with E-state index in [4.69, 9.17) is 4.74 Å². The van der Waals surface area contributed by atoms with Crippen LogP contribution in [0.15, 0.2) is 23.1 Å². The number of rotatable bonds is 4. The van der Waals surface area contributed by atoms with Crippen molar-refractivity contribution < 1.29 is 17.9 Å². The fourth-order valence-corrected chi connectivity index (χ4v) is 3.61. The van der Waals surface area contributed by atoms with Crippen LogP contribution >= 0.6 is 0 Å². The number of carbonyl (C=O) groups is 1. The lowest BCUT2D eigenvalue weighted by Crippen LogP contribution is -2.36. The molecule has 0 unspecified atom stereocenters. The van der Waals surface area contributed by atoms with Crippen LogP contribution in [0.1, 0.15) is 42.4 Å². The van der Waals surface area contributed by atoms with Crippen molar-refractivity contribution in [1.29, 1.82) is 0 Å². The molecule has 0 amide bonds. The van der Waals surface area contributed by atoms with Crippen molar-refractivity contribution in [2.45, 2.75) is 33.7 Å². The SMILES string of the molecule is CC(C)(C)COC(=O)c1ccc(-n2[nH]c3c(c2=O)CN(S(C)(=O)=O)CC3)nc1. The zero-order valence-corrected chi connectivity index (χ0v) is 17.2. The first-order valence-corrected chi connectivity index (χ1v) is 10.7. The Morgan fingerprint density at radius 1 is 1.32 bits per heavy atom. The Morgan fingerprint density at radius 3 is 2.61 bits per heavy atom. The van der Waals surface area contributed by atoms with Gasteiger partial charge < -0.3 is 4.74 Å². The highest BCUT2D eigenvalue weighted by atomic mass is 32.2. The van der Waals surface area contributed by atoms with Gasteiger partial charge in [-0.25, -0.2) is 22.9 Å². The predicted octanol–water partition coefficient (Wildman–Crippen LogP) is 1.08. The molecule has 2 aromatic rings. The summed E-state index contributed by atoms with van der Waals surface area (Å²) < 4.78 is 31.3. The molecule has 1 aliphatic rings. The van der Waals surface area contributed by atoms with Crippen molar-refractivity contribution in [3.8, 4) is 5.82 Å². The average Bonchev–Trinajstić information content (AvgIpc) is 2.95. The molecule has 1 aliphatic heterocycles. The number of hydrogen-bond acceptors (Lipinski definition) is 6. The number of hydrogen-bond donors (Lipinski definition) is 1. The molecule has 0 atom stereocenters. The summed E-state index contributed by atoms with van der Waals surface area (Å²) in [5, 5.41) is 2.99. The molecular weight excluding hydrogens is 384 g/mol. The number of H-pyrrole nitrogens is 1. The topological polar surface area (TPSA) is 114 Å². The molecule has 0 aromatic carbocycles. The van der Waals surface area contributed by atoms with Crippen LogP contribution in [0.25, 0.3) is 5.82 Å². The minimum atomic E-state index is -3.37. The lowest BCUT2D eigenvalue weighted by atomic mass is 9.99. The van der Waals surface area contributed by atoms with Crippen LogP contribution in [-0.4, -0.2) is 52.9 Å². The zero-order valence-electron chi connectivity index (χ0n) is 16.4. The van der Waals surface area contributed by atoms with E-state index < -0.39 is 16.0 Å². The van der Waals surface area contributed by atoms with Gasteiger partial charge in [-0.3, -0.25) is 9.89 Å². The van der Waals surface area contributed by atoms with Crippen molar-refractivity contribution in [2.75, 3.05) is 19.4 Å². The van der Waals surface area contributed by atoms with Gasteiger partial charge in [-0.05, 0) is 17.5 Å². The minimum absolute atomic E-state index is 0.0354. The first-order valence-electron chi connectivity index (χ1n) is 8.87. The summed E-state index contributed by atoms with van der Waals surface area (Å²) in [4.78, 5) is 29.0. The number of nitrogens with zero attached hydrogens (tertiary/aromatic N) is 3. The van der Waals surface area contributed by atoms with Gasteiger partial charge in [-0.15, -0.1) is 0 Å². The second-order valence-corrected chi connectivity index (χ2v) is 10.1. The van der Waals surface area contributed by atoms with Crippen LogP contribution in [0.4, 0.5) is 0 Å². The Morgan fingerprint density at radius 2 is 2.04 bits per heavy atom. The van der Waals surface area contributed by atoms with Gasteiger partial charge in [0.25, 0.3) is 5.56 Å². The van der Waals surface area contributed by atoms with Gasteiger partial charge in [0.2, 0.25) is 10.0 Å². The maximum Gasteiger partial charge on any atom is 0.339 e. The van der Waals surface area contributed by atoms with E-state index in [1.54, 1.807) is 12.1 Å². The van der Waals surface area contributed by atoms with Crippen molar-refractivity contribution >= 4 is 16.0 Å². The Hall–Kier alpha value is -2.46. The van der Waals surface area contributed by atoms with Crippen LogP contribution in [0, 0.1) is 5.41 Å². The molecule has 0 saturated carbocycles. The molecular formula is C18H24N4O5S. The quantitative estimate of drug-likeness (QED) is 0.757. The standard InChI is InChI=1S/C18H24N4O5S/c1-18(2,3)11-27-17(24)12-5-6-15(19-9-12)22-16(23)13-10-21(28(4,25)26)8-7-14(13)20-22/h5-6,9,20H,7-8,10-11H2,1-4H3. The molecule has 9 nitrogen and oxygen atoms in total. The van der Waals surface area contributed by atoms with Gasteiger partial charge in [-0.2, -0.15) is 4.31 Å². The molecule has 2 aromatic heterocycles. The fourth-order valence-electron chi connectivity index (χ4n) is 2.83. The molecule has 0 spiro atoms. The number of sulfonamides is 1. The Balaban J connectivity index is 1.81. The normalized spacial score (nSPS) is 15.3. The second kappa shape index (κ2) is 7.17. The van der Waals surface area contributed by atoms with Crippen LogP contribution in [0.3, 0.4) is 0 Å². The van der Waals surface area contributed by atoms with Gasteiger partial charge in [0.1, 0.15) is 0 Å². The zero-order chi connectivity index (χ0) is 20.7. The lowest BCUT2D eigenvalue weighted by molar-refractivity contribution is 0.0366. The summed E-state index contributed by atoms with van der Waals surface area (Å²) in [5.41, 5.74) is 0.909. The summed E-state index contributed by atoms with van der Waals surface area (Å²) in [5.74, 6) is -0.159. The van der Waals surface area contributed by atoms with E-state index in [2.05, 4.69) is 10.1 Å². The van der Waals surface area contributed by atoms with E-state index >= 15 is 0 Å². The van der Waals surface area contributed by atoms with E-state index in [9.17, 15) is 18.0 Å². The molecule has 0 saturated heterocycles. The third-order valence-corrected chi connectivity index (χ3v) is 5.59. The van der Waals surface area contributed by atoms with E-state index in [1.807, 2.05) is 20.8 Å². The van der Waals surface area contributed by atoms with E-state index in [-0.39, 0.29) is 24.1 Å². The lowest BCUT2D eigenvalue weighted by Gasteiger charge is -2.23. The number of nitrogens with one attached hydrogen (secondary N) is 1. The maximum atomic E-state index is 12.7. The number of pyridine rings is 1. The second-order valence-electron chi connectivity index (χ2n) is 8.10. The van der Waals surface area contributed by atoms with E-state index in [0.717, 1.165) is 6.26 Å². The number of aromatic amines is 1. The predicted molar refractivity (Wildman–Crippen MR) is 103 cm³/mol. The van der Waals surface area contributed by atoms with Gasteiger partial charge in [-0.1, -0.05) is 20.8 Å². The average molecular weight is 408 g/mol. The van der Waals surface area contributed by atoms with Gasteiger partial charge in [0.05, 0.1) is 24.0 Å². The monoisotopic (exact) mass is 408 g/mol. The van der Waals surface area contributed by atoms with E-state index in [1.165, 1.54) is 15.2 Å². The number of esters is 1. The minimum Gasteiger partial charge on any atom is -0.461 e. The summed E-state index contributed by atoms with van der Waals surface area (Å²) in [6.45, 7) is 6.53. The number of fused-ring (bicyclic) bond motifs is 1. The largest absolute Gasteiger partial charge is 0.461 e. The van der Waals surface area contributed by atoms with Crippen molar-refractivity contribution in [2.24, 2.45) is 5.41 Å². The smallest absolute Gasteiger partial charge is 0.339 e. The molecule has 0 aliphatic carbocycles. The molecule has 0 fully saturated rings. The molecule has 28 heavy (non-hydrogen) atoms. The summed E-state index contributed by atoms with van der Waals surface area (Å²) in [7, 11) is -3.37. The highest BCUT2D eigenvalue weighted by molar-refractivity contribution is 7.88. The highest BCUT2D eigenvalue weighted by Crippen LogP contribution is 2.18. The summed E-state index contributed by atoms with van der Waals surface area (Å²) >= 11 is 0. The van der Waals surface area contributed by atoms with Crippen LogP contribution in [0.2, 0.25) is 0 Å². The van der Waals surface area contributed by atoms with Gasteiger partial charge in [0, 0.05) is 31.4 Å². The molecule has 3 rings (SSSR count). The first kappa shape index (κ1) is 20.3. The molecule has 0 bridgehead atoms. The first-order chi connectivity index (χ1) is 13.0. The van der Waals surface area contributed by atoms with Crippen LogP contribution in [-0.2, 0) is 27.7 Å². The van der Waals surface area contributed by atoms with Crippen molar-refractivity contribution in [1.82, 2.24) is 19.1 Å². The molecule has 0 radical (unpaired) electrons. The Labute approximate surface area is 163 Å². The fraction of sp³-hybridized carbons (Fsp3) is 0.500. The number of ether oxygens (including phenoxy) is 1. The van der Waals surface area contributed by atoms with E-state index in [0.29, 0.717) is 35.6 Å². The Kier molecular flexibility index (Phi) is 5.20. The van der Waals surface area contributed by atoms with Crippen molar-refractivity contribution in [3.05, 3.63) is 45.5 Å². The number of aromatic nitrogens is 3. The van der Waals surface area contributed by atoms with Crippen molar-refractivity contribution in [3.63, 3.8) is 0 Å². The highest BCUT2D eigenvalue weighted by Gasteiger charge is 2.28. The molecule has 152 valence electrons. The molecule has 1 N–H and O–H groups in total. The molecule has 3 heterocycles. The summed E-state index contributed by atoms with van der Waals surface area (Å²) in [6, 6.07) is 3.09. The third-order valence-electron chi connectivity index (χ3n) is 4.34. The Bertz CT molecular complexity index is 1050. The summed E-state index contributed by atoms with van der Waals surface area (Å²) in [6.07, 6.45) is 2.90. The van der Waals surface area contributed by atoms with Crippen LogP contribution < -0.4 is 5.56 Å². The van der Waals surface area contributed by atoms with Gasteiger partial charge >= 0.3 is 5.97 Å². The third kappa shape index (κ3) is 4.33. The number of carbonyl (C=O) groups excluding carboxylic acids is 1. The van der Waals surface area contributed by atoms with Crippen LogP contribution in [0.5, 0.6) is 0 Å². The van der Waals surface area contributed by atoms with Gasteiger partial charge in [0.15, 0.2) is 5.82 Å².